The molecule has 158 valence electrons. The molecule has 3 saturated carbocycles. The molecular weight excluding hydrogens is 366 g/mol. The Bertz CT molecular complexity index is 911. The molecule has 1 N–H and O–H groups in total. The van der Waals surface area contributed by atoms with Crippen LogP contribution in [-0.2, 0) is 6.42 Å². The number of aryl methyl sites for hydroxylation is 3. The standard InChI is InChI=1S/C28H35NO/c1-18-3-14-25(19(2)15-18)28(30)29-27(26-17-22-10-13-24(26)16-22)23-11-8-21(9-12-23)7-6-20-4-5-20/h3,8-9,11-12,14-15,20,22,24,26-27H,4-7,10,13,16-17H2,1-2H3,(H,29,30)/t22-,24+,26?,27+/m1/s1. The molecular formula is C28H35NO. The molecule has 3 aliphatic rings. The Morgan fingerprint density at radius 1 is 1.00 bits per heavy atom. The van der Waals surface area contributed by atoms with Crippen LogP contribution in [0, 0.1) is 37.5 Å². The quantitative estimate of drug-likeness (QED) is 0.560. The second-order valence-corrected chi connectivity index (χ2v) is 10.3. The fourth-order valence-corrected chi connectivity index (χ4v) is 6.10. The maximum Gasteiger partial charge on any atom is 0.252 e. The van der Waals surface area contributed by atoms with Gasteiger partial charge in [-0.25, -0.2) is 0 Å². The van der Waals surface area contributed by atoms with Gasteiger partial charge in [-0.05, 0) is 92.4 Å². The molecule has 3 aliphatic carbocycles. The zero-order valence-corrected chi connectivity index (χ0v) is 18.5. The minimum atomic E-state index is 0.0816. The van der Waals surface area contributed by atoms with Crippen LogP contribution in [-0.4, -0.2) is 5.91 Å². The SMILES string of the molecule is Cc1ccc(C(=O)N[C@@H](c2ccc(CCC3CC3)cc2)C2C[C@@H]3CC[C@H]2C3)c(C)c1. The van der Waals surface area contributed by atoms with Crippen LogP contribution in [0.1, 0.15) is 83.6 Å². The number of amides is 1. The van der Waals surface area contributed by atoms with Crippen LogP contribution in [0.5, 0.6) is 0 Å². The Morgan fingerprint density at radius 2 is 1.80 bits per heavy atom. The van der Waals surface area contributed by atoms with E-state index in [4.69, 9.17) is 0 Å². The van der Waals surface area contributed by atoms with Gasteiger partial charge >= 0.3 is 0 Å². The van der Waals surface area contributed by atoms with Gasteiger partial charge in [0.1, 0.15) is 0 Å². The summed E-state index contributed by atoms with van der Waals surface area (Å²) in [6.45, 7) is 4.13. The molecule has 0 aliphatic heterocycles. The van der Waals surface area contributed by atoms with Crippen LogP contribution < -0.4 is 5.32 Å². The Balaban J connectivity index is 1.37. The Hall–Kier alpha value is -2.09. The number of rotatable bonds is 7. The number of fused-ring (bicyclic) bond motifs is 2. The van der Waals surface area contributed by atoms with Crippen molar-refractivity contribution in [3.8, 4) is 0 Å². The molecule has 0 heterocycles. The zero-order valence-electron chi connectivity index (χ0n) is 18.5. The Labute approximate surface area is 181 Å². The fourth-order valence-electron chi connectivity index (χ4n) is 6.10. The van der Waals surface area contributed by atoms with Crippen LogP contribution in [0.4, 0.5) is 0 Å². The molecule has 2 nitrogen and oxygen atoms in total. The topological polar surface area (TPSA) is 29.1 Å². The average molecular weight is 402 g/mol. The van der Waals surface area contributed by atoms with Gasteiger partial charge in [0.05, 0.1) is 6.04 Å². The van der Waals surface area contributed by atoms with Crippen molar-refractivity contribution in [1.82, 2.24) is 5.32 Å². The van der Waals surface area contributed by atoms with Gasteiger partial charge in [-0.2, -0.15) is 0 Å². The molecule has 0 radical (unpaired) electrons. The first-order chi connectivity index (χ1) is 14.6. The second-order valence-electron chi connectivity index (χ2n) is 10.3. The van der Waals surface area contributed by atoms with Gasteiger partial charge in [0, 0.05) is 5.56 Å². The van der Waals surface area contributed by atoms with E-state index in [0.717, 1.165) is 28.9 Å². The maximum atomic E-state index is 13.3. The molecule has 0 aromatic heterocycles. The van der Waals surface area contributed by atoms with Gasteiger partial charge in [0.2, 0.25) is 0 Å². The molecule has 4 atom stereocenters. The van der Waals surface area contributed by atoms with Gasteiger partial charge in [0.15, 0.2) is 0 Å². The van der Waals surface area contributed by atoms with E-state index in [2.05, 4.69) is 42.6 Å². The number of carbonyl (C=O) groups is 1. The van der Waals surface area contributed by atoms with E-state index >= 15 is 0 Å². The van der Waals surface area contributed by atoms with E-state index in [0.29, 0.717) is 5.92 Å². The highest BCUT2D eigenvalue weighted by Gasteiger charge is 2.44. The molecule has 0 spiro atoms. The first kappa shape index (κ1) is 19.8. The normalized spacial score (nSPS) is 26.0. The largest absolute Gasteiger partial charge is 0.345 e. The fraction of sp³-hybridized carbons (Fsp3) is 0.536. The molecule has 2 heteroatoms. The van der Waals surface area contributed by atoms with E-state index in [-0.39, 0.29) is 11.9 Å². The van der Waals surface area contributed by atoms with Crippen molar-refractivity contribution in [3.05, 3.63) is 70.3 Å². The van der Waals surface area contributed by atoms with Crippen molar-refractivity contribution in [2.45, 2.75) is 71.3 Å². The van der Waals surface area contributed by atoms with Crippen molar-refractivity contribution < 1.29 is 4.79 Å². The summed E-state index contributed by atoms with van der Waals surface area (Å²) in [4.78, 5) is 13.3. The van der Waals surface area contributed by atoms with E-state index in [1.165, 1.54) is 68.1 Å². The average Bonchev–Trinajstić information content (AvgIpc) is 3.33. The van der Waals surface area contributed by atoms with Crippen molar-refractivity contribution >= 4 is 5.91 Å². The molecule has 2 aromatic carbocycles. The van der Waals surface area contributed by atoms with Gasteiger partial charge in [-0.3, -0.25) is 4.79 Å². The van der Waals surface area contributed by atoms with Crippen LogP contribution in [0.25, 0.3) is 0 Å². The smallest absolute Gasteiger partial charge is 0.252 e. The summed E-state index contributed by atoms with van der Waals surface area (Å²) < 4.78 is 0. The third-order valence-corrected chi connectivity index (χ3v) is 8.01. The lowest BCUT2D eigenvalue weighted by Gasteiger charge is -2.32. The van der Waals surface area contributed by atoms with Crippen molar-refractivity contribution in [1.29, 1.82) is 0 Å². The van der Waals surface area contributed by atoms with Crippen molar-refractivity contribution in [2.24, 2.45) is 23.7 Å². The lowest BCUT2D eigenvalue weighted by Crippen LogP contribution is -2.36. The molecule has 30 heavy (non-hydrogen) atoms. The minimum Gasteiger partial charge on any atom is -0.345 e. The van der Waals surface area contributed by atoms with Crippen LogP contribution in [0.15, 0.2) is 42.5 Å². The second kappa shape index (κ2) is 8.21. The van der Waals surface area contributed by atoms with Gasteiger partial charge in [0.25, 0.3) is 5.91 Å². The monoisotopic (exact) mass is 401 g/mol. The molecule has 1 unspecified atom stereocenters. The summed E-state index contributed by atoms with van der Waals surface area (Å²) in [5.74, 6) is 3.28. The summed E-state index contributed by atoms with van der Waals surface area (Å²) in [5, 5.41) is 3.48. The molecule has 3 fully saturated rings. The highest BCUT2D eigenvalue weighted by Crippen LogP contribution is 2.52. The summed E-state index contributed by atoms with van der Waals surface area (Å²) in [6, 6.07) is 15.5. The Kier molecular flexibility index (Phi) is 5.43. The summed E-state index contributed by atoms with van der Waals surface area (Å²) >= 11 is 0. The third kappa shape index (κ3) is 4.19. The number of benzene rings is 2. The van der Waals surface area contributed by atoms with E-state index < -0.39 is 0 Å². The number of hydrogen-bond acceptors (Lipinski definition) is 1. The number of hydrogen-bond donors (Lipinski definition) is 1. The van der Waals surface area contributed by atoms with E-state index in [1.807, 2.05) is 19.1 Å². The molecule has 0 saturated heterocycles. The first-order valence-corrected chi connectivity index (χ1v) is 12.0. The minimum absolute atomic E-state index is 0.0816. The third-order valence-electron chi connectivity index (χ3n) is 8.01. The summed E-state index contributed by atoms with van der Waals surface area (Å²) in [5.41, 5.74) is 5.82. The van der Waals surface area contributed by atoms with Gasteiger partial charge < -0.3 is 5.32 Å². The zero-order chi connectivity index (χ0) is 20.7. The van der Waals surface area contributed by atoms with Gasteiger partial charge in [-0.1, -0.05) is 61.2 Å². The van der Waals surface area contributed by atoms with Crippen LogP contribution in [0.3, 0.4) is 0 Å². The molecule has 2 aromatic rings. The summed E-state index contributed by atoms with van der Waals surface area (Å²) in [7, 11) is 0. The predicted octanol–water partition coefficient (Wildman–Crippen LogP) is 6.55. The van der Waals surface area contributed by atoms with E-state index in [9.17, 15) is 4.79 Å². The van der Waals surface area contributed by atoms with E-state index in [1.54, 1.807) is 0 Å². The Morgan fingerprint density at radius 3 is 2.43 bits per heavy atom. The lowest BCUT2D eigenvalue weighted by molar-refractivity contribution is 0.0907. The number of nitrogens with one attached hydrogen (secondary N) is 1. The molecule has 5 rings (SSSR count). The van der Waals surface area contributed by atoms with Gasteiger partial charge in [-0.15, -0.1) is 0 Å². The lowest BCUT2D eigenvalue weighted by atomic mass is 9.80. The van der Waals surface area contributed by atoms with Crippen molar-refractivity contribution in [2.75, 3.05) is 0 Å². The first-order valence-electron chi connectivity index (χ1n) is 12.0. The predicted molar refractivity (Wildman–Crippen MR) is 123 cm³/mol. The highest BCUT2D eigenvalue weighted by atomic mass is 16.1. The number of carbonyl (C=O) groups excluding carboxylic acids is 1. The molecule has 1 amide bonds. The van der Waals surface area contributed by atoms with Crippen LogP contribution >= 0.6 is 0 Å². The summed E-state index contributed by atoms with van der Waals surface area (Å²) in [6.07, 6.45) is 10.7. The molecule has 2 bridgehead atoms. The van der Waals surface area contributed by atoms with Crippen LogP contribution in [0.2, 0.25) is 0 Å². The highest BCUT2D eigenvalue weighted by molar-refractivity contribution is 5.96. The maximum absolute atomic E-state index is 13.3. The van der Waals surface area contributed by atoms with Crippen molar-refractivity contribution in [3.63, 3.8) is 0 Å².